The normalized spacial score (nSPS) is 11.2. The Kier molecular flexibility index (Phi) is 6.48. The number of hydrogen-bond acceptors (Lipinski definition) is 3. The van der Waals surface area contributed by atoms with E-state index in [1.165, 1.54) is 22.1 Å². The maximum Gasteiger partial charge on any atom is 0.168 e. The minimum absolute atomic E-state index is 0.0729. The first-order valence-corrected chi connectivity index (χ1v) is 11.0. The zero-order valence-corrected chi connectivity index (χ0v) is 19.2. The molecule has 32 heavy (non-hydrogen) atoms. The molecule has 0 heterocycles. The number of rotatable bonds is 7. The molecule has 0 aliphatic rings. The van der Waals surface area contributed by atoms with Gasteiger partial charge in [-0.3, -0.25) is 0 Å². The molecular formula is C29H30O3. The molecule has 0 radical (unpaired) electrons. The fraction of sp³-hybridized carbons (Fsp3) is 0.241. The molecule has 0 fully saturated rings. The first-order chi connectivity index (χ1) is 15.5. The van der Waals surface area contributed by atoms with Gasteiger partial charge in [-0.15, -0.1) is 0 Å². The second-order valence-electron chi connectivity index (χ2n) is 8.53. The minimum atomic E-state index is -0.0729. The lowest BCUT2D eigenvalue weighted by molar-refractivity contribution is 0.281. The van der Waals surface area contributed by atoms with Crippen molar-refractivity contribution in [3.8, 4) is 33.8 Å². The van der Waals surface area contributed by atoms with Crippen LogP contribution in [0, 0.1) is 5.92 Å². The van der Waals surface area contributed by atoms with Crippen LogP contribution in [0.1, 0.15) is 25.0 Å². The van der Waals surface area contributed by atoms with Crippen molar-refractivity contribution in [2.24, 2.45) is 5.92 Å². The van der Waals surface area contributed by atoms with E-state index in [2.05, 4.69) is 74.5 Å². The van der Waals surface area contributed by atoms with Crippen molar-refractivity contribution in [1.82, 2.24) is 0 Å². The monoisotopic (exact) mass is 426 g/mol. The molecule has 4 aromatic carbocycles. The van der Waals surface area contributed by atoms with Crippen LogP contribution in [-0.4, -0.2) is 19.3 Å². The van der Waals surface area contributed by atoms with E-state index in [1.54, 1.807) is 14.2 Å². The Bertz CT molecular complexity index is 1220. The topological polar surface area (TPSA) is 38.7 Å². The predicted molar refractivity (Wildman–Crippen MR) is 132 cm³/mol. The molecule has 1 N–H and O–H groups in total. The lowest BCUT2D eigenvalue weighted by atomic mass is 9.92. The smallest absolute Gasteiger partial charge is 0.168 e. The second kappa shape index (κ2) is 9.46. The van der Waals surface area contributed by atoms with Gasteiger partial charge in [-0.2, -0.15) is 0 Å². The fourth-order valence-corrected chi connectivity index (χ4v) is 4.40. The van der Waals surface area contributed by atoms with Crippen molar-refractivity contribution in [3.63, 3.8) is 0 Å². The Morgan fingerprint density at radius 2 is 1.56 bits per heavy atom. The Hall–Kier alpha value is -3.30. The van der Waals surface area contributed by atoms with Gasteiger partial charge in [0.25, 0.3) is 0 Å². The molecule has 4 rings (SSSR count). The van der Waals surface area contributed by atoms with E-state index in [0.29, 0.717) is 17.4 Å². The SMILES string of the molecule is COc1ccc(CO)c(-c2ccc3c(-c4ccc(CC(C)C)cc4)cccc3c2)c1OC. The van der Waals surface area contributed by atoms with E-state index in [9.17, 15) is 5.11 Å². The number of aliphatic hydroxyl groups is 1. The summed E-state index contributed by atoms with van der Waals surface area (Å²) >= 11 is 0. The molecule has 0 aromatic heterocycles. The first kappa shape index (κ1) is 21.9. The van der Waals surface area contributed by atoms with Crippen molar-refractivity contribution < 1.29 is 14.6 Å². The van der Waals surface area contributed by atoms with Gasteiger partial charge in [-0.05, 0) is 63.1 Å². The summed E-state index contributed by atoms with van der Waals surface area (Å²) < 4.78 is 11.2. The Morgan fingerprint density at radius 1 is 0.812 bits per heavy atom. The molecule has 4 aromatic rings. The summed E-state index contributed by atoms with van der Waals surface area (Å²) in [5.74, 6) is 1.93. The van der Waals surface area contributed by atoms with Gasteiger partial charge in [0, 0.05) is 5.56 Å². The maximum absolute atomic E-state index is 9.95. The van der Waals surface area contributed by atoms with Crippen LogP contribution in [0.2, 0.25) is 0 Å². The highest BCUT2D eigenvalue weighted by Gasteiger charge is 2.17. The molecule has 3 nitrogen and oxygen atoms in total. The molecule has 0 atom stereocenters. The molecule has 0 spiro atoms. The van der Waals surface area contributed by atoms with Crippen LogP contribution in [0.3, 0.4) is 0 Å². The summed E-state index contributed by atoms with van der Waals surface area (Å²) in [4.78, 5) is 0. The van der Waals surface area contributed by atoms with Gasteiger partial charge in [0.1, 0.15) is 0 Å². The summed E-state index contributed by atoms with van der Waals surface area (Å²) in [6.45, 7) is 4.42. The van der Waals surface area contributed by atoms with Gasteiger partial charge in [0.15, 0.2) is 11.5 Å². The largest absolute Gasteiger partial charge is 0.493 e. The molecule has 0 saturated heterocycles. The van der Waals surface area contributed by atoms with Crippen molar-refractivity contribution in [1.29, 1.82) is 0 Å². The summed E-state index contributed by atoms with van der Waals surface area (Å²) in [7, 11) is 3.25. The standard InChI is InChI=1S/C29H30O3/c1-19(2)16-20-8-10-21(11-9-20)25-7-5-6-22-17-23(12-14-26(22)25)28-24(18-30)13-15-27(31-3)29(28)32-4/h5-15,17,19,30H,16,18H2,1-4H3. The fourth-order valence-electron chi connectivity index (χ4n) is 4.40. The highest BCUT2D eigenvalue weighted by Crippen LogP contribution is 2.42. The van der Waals surface area contributed by atoms with Crippen LogP contribution in [-0.2, 0) is 13.0 Å². The zero-order chi connectivity index (χ0) is 22.7. The molecule has 0 saturated carbocycles. The molecule has 164 valence electrons. The predicted octanol–water partition coefficient (Wildman–Crippen LogP) is 6.88. The average Bonchev–Trinajstić information content (AvgIpc) is 2.82. The average molecular weight is 427 g/mol. The van der Waals surface area contributed by atoms with Gasteiger partial charge >= 0.3 is 0 Å². The Balaban J connectivity index is 1.81. The molecule has 0 bridgehead atoms. The van der Waals surface area contributed by atoms with Gasteiger partial charge in [0.2, 0.25) is 0 Å². The van der Waals surface area contributed by atoms with Crippen LogP contribution in [0.15, 0.2) is 72.8 Å². The van der Waals surface area contributed by atoms with Crippen molar-refractivity contribution in [2.45, 2.75) is 26.9 Å². The number of benzene rings is 4. The van der Waals surface area contributed by atoms with Gasteiger partial charge < -0.3 is 14.6 Å². The van der Waals surface area contributed by atoms with E-state index in [0.717, 1.165) is 28.5 Å². The molecule has 0 unspecified atom stereocenters. The number of methoxy groups -OCH3 is 2. The summed E-state index contributed by atoms with van der Waals surface area (Å²) in [5.41, 5.74) is 6.45. The van der Waals surface area contributed by atoms with Gasteiger partial charge in [-0.25, -0.2) is 0 Å². The summed E-state index contributed by atoms with van der Waals surface area (Å²) in [6.07, 6.45) is 1.09. The van der Waals surface area contributed by atoms with Crippen LogP contribution < -0.4 is 9.47 Å². The van der Waals surface area contributed by atoms with E-state index < -0.39 is 0 Å². The lowest BCUT2D eigenvalue weighted by Gasteiger charge is -2.17. The molecule has 0 aliphatic heterocycles. The van der Waals surface area contributed by atoms with E-state index in [4.69, 9.17) is 9.47 Å². The molecular weight excluding hydrogens is 396 g/mol. The minimum Gasteiger partial charge on any atom is -0.493 e. The Labute approximate surface area is 190 Å². The maximum atomic E-state index is 9.95. The highest BCUT2D eigenvalue weighted by molar-refractivity contribution is 5.99. The third-order valence-electron chi connectivity index (χ3n) is 5.88. The van der Waals surface area contributed by atoms with Crippen LogP contribution in [0.4, 0.5) is 0 Å². The van der Waals surface area contributed by atoms with Crippen LogP contribution >= 0.6 is 0 Å². The third-order valence-corrected chi connectivity index (χ3v) is 5.88. The van der Waals surface area contributed by atoms with Crippen molar-refractivity contribution >= 4 is 10.8 Å². The van der Waals surface area contributed by atoms with Gasteiger partial charge in [0.05, 0.1) is 20.8 Å². The second-order valence-corrected chi connectivity index (χ2v) is 8.53. The first-order valence-electron chi connectivity index (χ1n) is 11.0. The van der Waals surface area contributed by atoms with Crippen LogP contribution in [0.5, 0.6) is 11.5 Å². The molecule has 0 amide bonds. The Morgan fingerprint density at radius 3 is 2.22 bits per heavy atom. The third kappa shape index (κ3) is 4.21. The number of aliphatic hydroxyl groups excluding tert-OH is 1. The van der Waals surface area contributed by atoms with E-state index >= 15 is 0 Å². The van der Waals surface area contributed by atoms with Crippen molar-refractivity contribution in [3.05, 3.63) is 83.9 Å². The summed E-state index contributed by atoms with van der Waals surface area (Å²) in [6, 6.07) is 25.4. The van der Waals surface area contributed by atoms with Gasteiger partial charge in [-0.1, -0.05) is 74.5 Å². The number of hydrogen-bond donors (Lipinski definition) is 1. The molecule has 3 heteroatoms. The number of ether oxygens (including phenoxy) is 2. The lowest BCUT2D eigenvalue weighted by Crippen LogP contribution is -1.98. The van der Waals surface area contributed by atoms with E-state index in [1.807, 2.05) is 12.1 Å². The number of fused-ring (bicyclic) bond motifs is 1. The zero-order valence-electron chi connectivity index (χ0n) is 19.2. The van der Waals surface area contributed by atoms with E-state index in [-0.39, 0.29) is 6.61 Å². The molecule has 0 aliphatic carbocycles. The van der Waals surface area contributed by atoms with Crippen LogP contribution in [0.25, 0.3) is 33.0 Å². The quantitative estimate of drug-likeness (QED) is 0.350. The summed E-state index contributed by atoms with van der Waals surface area (Å²) in [5, 5.41) is 12.3. The highest BCUT2D eigenvalue weighted by atomic mass is 16.5. The van der Waals surface area contributed by atoms with Crippen molar-refractivity contribution in [2.75, 3.05) is 14.2 Å².